The highest BCUT2D eigenvalue weighted by atomic mass is 32.2. The van der Waals surface area contributed by atoms with E-state index in [1.54, 1.807) is 13.8 Å². The number of carbonyl (C=O) groups excluding carboxylic acids is 1. The van der Waals surface area contributed by atoms with Crippen LogP contribution >= 0.6 is 0 Å². The van der Waals surface area contributed by atoms with E-state index in [1.807, 2.05) is 35.2 Å². The Bertz CT molecular complexity index is 988. The van der Waals surface area contributed by atoms with Gasteiger partial charge in [0.05, 0.1) is 0 Å². The molecule has 1 amide bonds. The molecule has 9 heteroatoms. The lowest BCUT2D eigenvalue weighted by Crippen LogP contribution is -2.53. The molecular formula is C22H30N4O4S. The van der Waals surface area contributed by atoms with Crippen LogP contribution in [0.15, 0.2) is 39.8 Å². The van der Waals surface area contributed by atoms with Gasteiger partial charge in [-0.15, -0.1) is 0 Å². The molecule has 1 aromatic heterocycles. The van der Waals surface area contributed by atoms with Crippen molar-refractivity contribution >= 4 is 15.9 Å². The lowest BCUT2D eigenvalue weighted by Gasteiger charge is -2.40. The first-order chi connectivity index (χ1) is 14.9. The fourth-order valence-corrected chi connectivity index (χ4v) is 6.32. The molecule has 2 saturated heterocycles. The van der Waals surface area contributed by atoms with Crippen LogP contribution in [0.25, 0.3) is 0 Å². The van der Waals surface area contributed by atoms with Crippen molar-refractivity contribution in [3.8, 4) is 0 Å². The first-order valence-corrected chi connectivity index (χ1v) is 12.3. The van der Waals surface area contributed by atoms with Crippen molar-refractivity contribution in [2.75, 3.05) is 39.3 Å². The molecule has 0 N–H and O–H groups in total. The monoisotopic (exact) mass is 446 g/mol. The Morgan fingerprint density at radius 2 is 1.61 bits per heavy atom. The third-order valence-corrected chi connectivity index (χ3v) is 8.36. The zero-order valence-electron chi connectivity index (χ0n) is 18.2. The average molecular weight is 447 g/mol. The predicted octanol–water partition coefficient (Wildman–Crippen LogP) is 2.35. The highest BCUT2D eigenvalue weighted by molar-refractivity contribution is 7.89. The molecule has 31 heavy (non-hydrogen) atoms. The second-order valence-electron chi connectivity index (χ2n) is 8.29. The number of likely N-dealkylation sites (tertiary alicyclic amines) is 1. The fourth-order valence-electron chi connectivity index (χ4n) is 4.61. The number of piperidine rings is 1. The molecule has 2 aliphatic heterocycles. The number of aryl methyl sites for hydroxylation is 2. The minimum Gasteiger partial charge on any atom is -0.360 e. The zero-order valence-corrected chi connectivity index (χ0v) is 19.0. The number of nitrogens with zero attached hydrogens (tertiary/aromatic N) is 4. The Morgan fingerprint density at radius 3 is 2.19 bits per heavy atom. The van der Waals surface area contributed by atoms with Crippen molar-refractivity contribution < 1.29 is 17.7 Å². The summed E-state index contributed by atoms with van der Waals surface area (Å²) >= 11 is 0. The van der Waals surface area contributed by atoms with Gasteiger partial charge in [-0.2, -0.15) is 4.31 Å². The SMILES string of the molecule is Cc1noc(C)c1S(=O)(=O)N1CCN(C(C(=O)N2CCCCC2)c2ccccc2)CC1. The Kier molecular flexibility index (Phi) is 6.45. The van der Waals surface area contributed by atoms with Gasteiger partial charge in [0.15, 0.2) is 5.76 Å². The van der Waals surface area contributed by atoms with Crippen LogP contribution in [0.5, 0.6) is 0 Å². The highest BCUT2D eigenvalue weighted by Gasteiger charge is 2.38. The number of amides is 1. The Morgan fingerprint density at radius 1 is 0.968 bits per heavy atom. The van der Waals surface area contributed by atoms with Crippen LogP contribution in [-0.2, 0) is 14.8 Å². The fraction of sp³-hybridized carbons (Fsp3) is 0.545. The second kappa shape index (κ2) is 9.10. The summed E-state index contributed by atoms with van der Waals surface area (Å²) in [5.74, 6) is 0.426. The van der Waals surface area contributed by atoms with Crippen molar-refractivity contribution in [3.05, 3.63) is 47.3 Å². The molecular weight excluding hydrogens is 416 g/mol. The van der Waals surface area contributed by atoms with Gasteiger partial charge >= 0.3 is 0 Å². The van der Waals surface area contributed by atoms with Crippen LogP contribution in [0.1, 0.15) is 42.3 Å². The molecule has 2 aliphatic rings. The summed E-state index contributed by atoms with van der Waals surface area (Å²) in [7, 11) is -3.68. The summed E-state index contributed by atoms with van der Waals surface area (Å²) in [6.45, 7) is 6.47. The number of sulfonamides is 1. The number of rotatable bonds is 5. The molecule has 0 bridgehead atoms. The summed E-state index contributed by atoms with van der Waals surface area (Å²) < 4.78 is 32.8. The van der Waals surface area contributed by atoms with Gasteiger partial charge in [0.2, 0.25) is 15.9 Å². The molecule has 1 unspecified atom stereocenters. The Hall–Kier alpha value is -2.23. The number of piperazine rings is 1. The van der Waals surface area contributed by atoms with Crippen molar-refractivity contribution in [1.29, 1.82) is 0 Å². The van der Waals surface area contributed by atoms with Gasteiger partial charge in [0, 0.05) is 39.3 Å². The molecule has 0 aliphatic carbocycles. The van der Waals surface area contributed by atoms with Gasteiger partial charge in [0.25, 0.3) is 0 Å². The van der Waals surface area contributed by atoms with E-state index in [0.29, 0.717) is 37.6 Å². The van der Waals surface area contributed by atoms with Crippen LogP contribution in [0, 0.1) is 13.8 Å². The van der Waals surface area contributed by atoms with Gasteiger partial charge in [0.1, 0.15) is 16.6 Å². The molecule has 1 atom stereocenters. The topological polar surface area (TPSA) is 87.0 Å². The van der Waals surface area contributed by atoms with E-state index >= 15 is 0 Å². The molecule has 2 aromatic rings. The maximum Gasteiger partial charge on any atom is 0.248 e. The maximum absolute atomic E-state index is 13.5. The van der Waals surface area contributed by atoms with Crippen molar-refractivity contribution in [2.24, 2.45) is 0 Å². The number of hydrogen-bond donors (Lipinski definition) is 0. The van der Waals surface area contributed by atoms with Crippen LogP contribution < -0.4 is 0 Å². The summed E-state index contributed by atoms with van der Waals surface area (Å²) in [4.78, 5) is 17.7. The molecule has 2 fully saturated rings. The molecule has 0 radical (unpaired) electrons. The minimum atomic E-state index is -3.68. The first-order valence-electron chi connectivity index (χ1n) is 10.9. The minimum absolute atomic E-state index is 0.118. The summed E-state index contributed by atoms with van der Waals surface area (Å²) in [5, 5.41) is 3.79. The van der Waals surface area contributed by atoms with Crippen LogP contribution in [0.4, 0.5) is 0 Å². The maximum atomic E-state index is 13.5. The molecule has 0 spiro atoms. The summed E-state index contributed by atoms with van der Waals surface area (Å²) in [5.41, 5.74) is 1.34. The van der Waals surface area contributed by atoms with Gasteiger partial charge in [-0.25, -0.2) is 8.42 Å². The van der Waals surface area contributed by atoms with E-state index in [2.05, 4.69) is 10.1 Å². The summed E-state index contributed by atoms with van der Waals surface area (Å²) in [6.07, 6.45) is 3.24. The van der Waals surface area contributed by atoms with Gasteiger partial charge in [-0.1, -0.05) is 35.5 Å². The van der Waals surface area contributed by atoms with E-state index in [-0.39, 0.29) is 16.8 Å². The van der Waals surface area contributed by atoms with Gasteiger partial charge < -0.3 is 9.42 Å². The number of benzene rings is 1. The van der Waals surface area contributed by atoms with E-state index in [1.165, 1.54) is 4.31 Å². The van der Waals surface area contributed by atoms with E-state index < -0.39 is 10.0 Å². The predicted molar refractivity (Wildman–Crippen MR) is 116 cm³/mol. The van der Waals surface area contributed by atoms with Crippen LogP contribution in [0.2, 0.25) is 0 Å². The first kappa shape index (κ1) is 22.0. The van der Waals surface area contributed by atoms with Gasteiger partial charge in [-0.05, 0) is 38.7 Å². The Balaban J connectivity index is 1.53. The molecule has 1 aromatic carbocycles. The largest absolute Gasteiger partial charge is 0.360 e. The van der Waals surface area contributed by atoms with Crippen molar-refractivity contribution in [3.63, 3.8) is 0 Å². The lowest BCUT2D eigenvalue weighted by atomic mass is 10.0. The van der Waals surface area contributed by atoms with Crippen LogP contribution in [-0.4, -0.2) is 72.9 Å². The number of carbonyl (C=O) groups is 1. The van der Waals surface area contributed by atoms with E-state index in [4.69, 9.17) is 4.52 Å². The van der Waals surface area contributed by atoms with Crippen molar-refractivity contribution in [2.45, 2.75) is 44.0 Å². The van der Waals surface area contributed by atoms with E-state index in [0.717, 1.165) is 37.9 Å². The smallest absolute Gasteiger partial charge is 0.248 e. The van der Waals surface area contributed by atoms with E-state index in [9.17, 15) is 13.2 Å². The van der Waals surface area contributed by atoms with Crippen molar-refractivity contribution in [1.82, 2.24) is 19.3 Å². The summed E-state index contributed by atoms with van der Waals surface area (Å²) in [6, 6.07) is 9.43. The third-order valence-electron chi connectivity index (χ3n) is 6.22. The highest BCUT2D eigenvalue weighted by Crippen LogP contribution is 2.29. The van der Waals surface area contributed by atoms with Crippen LogP contribution in [0.3, 0.4) is 0 Å². The third kappa shape index (κ3) is 4.40. The molecule has 4 rings (SSSR count). The molecule has 3 heterocycles. The molecule has 0 saturated carbocycles. The zero-order chi connectivity index (χ0) is 22.0. The Labute approximate surface area is 183 Å². The standard InChI is InChI=1S/C22H30N4O4S/c1-17-21(18(2)30-23-17)31(28,29)26-15-13-24(14-16-26)20(19-9-5-3-6-10-19)22(27)25-11-7-4-8-12-25/h3,5-6,9-10,20H,4,7-8,11-16H2,1-2H3. The lowest BCUT2D eigenvalue weighted by molar-refractivity contribution is -0.138. The molecule has 8 nitrogen and oxygen atoms in total. The quantitative estimate of drug-likeness (QED) is 0.701. The average Bonchev–Trinajstić information content (AvgIpc) is 3.14. The number of hydrogen-bond acceptors (Lipinski definition) is 6. The number of aromatic nitrogens is 1. The molecule has 168 valence electrons. The normalized spacial score (nSPS) is 20.0. The second-order valence-corrected chi connectivity index (χ2v) is 10.2. The van der Waals surface area contributed by atoms with Gasteiger partial charge in [-0.3, -0.25) is 9.69 Å².